The van der Waals surface area contributed by atoms with Crippen molar-refractivity contribution < 1.29 is 23.9 Å². The smallest absolute Gasteiger partial charge is 0.322 e. The van der Waals surface area contributed by atoms with E-state index in [1.807, 2.05) is 0 Å². The molecule has 0 saturated carbocycles. The van der Waals surface area contributed by atoms with E-state index in [-0.39, 0.29) is 17.5 Å². The lowest BCUT2D eigenvalue weighted by molar-refractivity contribution is -0.143. The summed E-state index contributed by atoms with van der Waals surface area (Å²) in [6.45, 7) is 2.15. The third-order valence-electron chi connectivity index (χ3n) is 4.06. The molecule has 3 unspecified atom stereocenters. The summed E-state index contributed by atoms with van der Waals surface area (Å²) >= 11 is 0. The summed E-state index contributed by atoms with van der Waals surface area (Å²) in [6, 6.07) is -1.50. The fourth-order valence-corrected chi connectivity index (χ4v) is 5.09. The lowest BCUT2D eigenvalue weighted by Gasteiger charge is -2.18. The minimum atomic E-state index is -0.825. The van der Waals surface area contributed by atoms with Crippen LogP contribution in [-0.2, 0) is 23.9 Å². The van der Waals surface area contributed by atoms with Crippen LogP contribution in [0.25, 0.3) is 0 Å². The highest BCUT2D eigenvalue weighted by Gasteiger charge is 2.26. The quantitative estimate of drug-likeness (QED) is 0.219. The second-order valence-corrected chi connectivity index (χ2v) is 9.01. The first-order valence-corrected chi connectivity index (χ1v) is 11.7. The highest BCUT2D eigenvalue weighted by atomic mass is 33.1. The van der Waals surface area contributed by atoms with E-state index in [2.05, 4.69) is 16.4 Å². The Hall–Kier alpha value is -0.770. The van der Waals surface area contributed by atoms with Crippen molar-refractivity contribution in [1.82, 2.24) is 0 Å². The van der Waals surface area contributed by atoms with Crippen LogP contribution in [0.15, 0.2) is 0 Å². The fourth-order valence-electron chi connectivity index (χ4n) is 2.34. The van der Waals surface area contributed by atoms with Crippen molar-refractivity contribution in [1.29, 1.82) is 0 Å². The Morgan fingerprint density at radius 2 is 1.52 bits per heavy atom. The standard InChI is InChI=1S/C18H34N2O5S2/c1-4-5-6-7-8-9-15(21)16(12-14(20)18(23)25-3)27-26-11-10-13(19)17(22)24-2/h13-14,16H,4-12,19-20H2,1-3H3. The maximum absolute atomic E-state index is 12.6. The molecule has 4 N–H and O–H groups in total. The van der Waals surface area contributed by atoms with Crippen LogP contribution in [0.2, 0.25) is 0 Å². The van der Waals surface area contributed by atoms with Crippen LogP contribution in [0.4, 0.5) is 0 Å². The van der Waals surface area contributed by atoms with E-state index < -0.39 is 24.0 Å². The predicted molar refractivity (Wildman–Crippen MR) is 111 cm³/mol. The van der Waals surface area contributed by atoms with Crippen LogP contribution in [0.3, 0.4) is 0 Å². The van der Waals surface area contributed by atoms with Crippen molar-refractivity contribution in [2.24, 2.45) is 11.5 Å². The van der Waals surface area contributed by atoms with E-state index >= 15 is 0 Å². The van der Waals surface area contributed by atoms with E-state index in [0.717, 1.165) is 25.7 Å². The molecule has 0 heterocycles. The molecule has 0 aromatic carbocycles. The molecule has 0 aliphatic heterocycles. The van der Waals surface area contributed by atoms with Gasteiger partial charge in [-0.3, -0.25) is 14.4 Å². The van der Waals surface area contributed by atoms with Gasteiger partial charge in [0.15, 0.2) is 0 Å². The van der Waals surface area contributed by atoms with Crippen molar-refractivity contribution in [3.05, 3.63) is 0 Å². The highest BCUT2D eigenvalue weighted by Crippen LogP contribution is 2.32. The van der Waals surface area contributed by atoms with Crippen LogP contribution >= 0.6 is 21.6 Å². The number of ketones is 1. The van der Waals surface area contributed by atoms with Crippen LogP contribution in [-0.4, -0.2) is 55.0 Å². The number of hydrogen-bond acceptors (Lipinski definition) is 9. The van der Waals surface area contributed by atoms with Gasteiger partial charge in [0.25, 0.3) is 0 Å². The summed E-state index contributed by atoms with van der Waals surface area (Å²) in [5.74, 6) is -0.281. The fraction of sp³-hybridized carbons (Fsp3) is 0.833. The van der Waals surface area contributed by atoms with Gasteiger partial charge in [-0.15, -0.1) is 0 Å². The number of unbranched alkanes of at least 4 members (excludes halogenated alkanes) is 4. The number of nitrogens with two attached hydrogens (primary N) is 2. The van der Waals surface area contributed by atoms with Gasteiger partial charge in [-0.2, -0.15) is 0 Å². The number of methoxy groups -OCH3 is 2. The molecular formula is C18H34N2O5S2. The monoisotopic (exact) mass is 422 g/mol. The van der Waals surface area contributed by atoms with Crippen molar-refractivity contribution in [2.45, 2.75) is 75.6 Å². The molecule has 0 amide bonds. The average molecular weight is 423 g/mol. The van der Waals surface area contributed by atoms with Gasteiger partial charge in [0.1, 0.15) is 17.9 Å². The van der Waals surface area contributed by atoms with Gasteiger partial charge in [-0.25, -0.2) is 0 Å². The molecule has 0 saturated heterocycles. The molecule has 9 heteroatoms. The van der Waals surface area contributed by atoms with Gasteiger partial charge in [0.05, 0.1) is 19.5 Å². The third-order valence-corrected chi connectivity index (χ3v) is 6.89. The van der Waals surface area contributed by atoms with Crippen LogP contribution in [0.5, 0.6) is 0 Å². The minimum absolute atomic E-state index is 0.0978. The topological polar surface area (TPSA) is 122 Å². The summed E-state index contributed by atoms with van der Waals surface area (Å²) in [5, 5.41) is -0.385. The summed E-state index contributed by atoms with van der Waals surface area (Å²) in [5.41, 5.74) is 11.5. The Balaban J connectivity index is 4.48. The van der Waals surface area contributed by atoms with Crippen molar-refractivity contribution >= 4 is 39.3 Å². The van der Waals surface area contributed by atoms with Crippen molar-refractivity contribution in [2.75, 3.05) is 20.0 Å². The van der Waals surface area contributed by atoms with Gasteiger partial charge < -0.3 is 20.9 Å². The first-order valence-electron chi connectivity index (χ1n) is 9.35. The van der Waals surface area contributed by atoms with Crippen molar-refractivity contribution in [3.8, 4) is 0 Å². The second-order valence-electron chi connectivity index (χ2n) is 6.32. The predicted octanol–water partition coefficient (Wildman–Crippen LogP) is 2.45. The molecule has 0 rings (SSSR count). The summed E-state index contributed by atoms with van der Waals surface area (Å²) < 4.78 is 9.24. The number of rotatable bonds is 16. The maximum atomic E-state index is 12.6. The molecule has 0 bridgehead atoms. The molecule has 0 aromatic heterocycles. The van der Waals surface area contributed by atoms with E-state index in [1.165, 1.54) is 42.2 Å². The molecule has 0 fully saturated rings. The van der Waals surface area contributed by atoms with E-state index in [4.69, 9.17) is 11.5 Å². The van der Waals surface area contributed by atoms with E-state index in [1.54, 1.807) is 0 Å². The summed E-state index contributed by atoms with van der Waals surface area (Å²) in [6.07, 6.45) is 6.51. The zero-order chi connectivity index (χ0) is 20.7. The lowest BCUT2D eigenvalue weighted by atomic mass is 10.0. The molecule has 3 atom stereocenters. The normalized spacial score (nSPS) is 14.3. The SMILES string of the molecule is CCCCCCCC(=O)C(CC(N)C(=O)OC)SSCCC(N)C(=O)OC. The average Bonchev–Trinajstić information content (AvgIpc) is 2.67. The van der Waals surface area contributed by atoms with Gasteiger partial charge in [0, 0.05) is 12.2 Å². The Labute approximate surface area is 170 Å². The van der Waals surface area contributed by atoms with Crippen molar-refractivity contribution in [3.63, 3.8) is 0 Å². The van der Waals surface area contributed by atoms with Crippen LogP contribution < -0.4 is 11.5 Å². The number of carbonyl (C=O) groups excluding carboxylic acids is 3. The van der Waals surface area contributed by atoms with Crippen LogP contribution in [0, 0.1) is 0 Å². The molecule has 0 aromatic rings. The number of ether oxygens (including phenoxy) is 2. The summed E-state index contributed by atoms with van der Waals surface area (Å²) in [7, 11) is 5.42. The first kappa shape index (κ1) is 26.2. The maximum Gasteiger partial charge on any atom is 0.322 e. The van der Waals surface area contributed by atoms with Crippen LogP contribution in [0.1, 0.15) is 58.3 Å². The number of Topliss-reactive ketones (excluding diaryl/α,β-unsaturated/α-hetero) is 1. The molecule has 7 nitrogen and oxygen atoms in total. The van der Waals surface area contributed by atoms with Gasteiger partial charge in [-0.05, 0) is 19.3 Å². The largest absolute Gasteiger partial charge is 0.468 e. The van der Waals surface area contributed by atoms with Gasteiger partial charge >= 0.3 is 11.9 Å². The molecule has 0 radical (unpaired) electrons. The van der Waals surface area contributed by atoms with Gasteiger partial charge in [-0.1, -0.05) is 54.2 Å². The van der Waals surface area contributed by atoms with E-state index in [0.29, 0.717) is 18.6 Å². The molecule has 27 heavy (non-hydrogen) atoms. The highest BCUT2D eigenvalue weighted by molar-refractivity contribution is 8.77. The Kier molecular flexibility index (Phi) is 15.7. The number of hydrogen-bond donors (Lipinski definition) is 2. The minimum Gasteiger partial charge on any atom is -0.468 e. The Morgan fingerprint density at radius 1 is 0.926 bits per heavy atom. The molecule has 0 aliphatic rings. The molecule has 0 spiro atoms. The molecule has 0 aliphatic carbocycles. The lowest BCUT2D eigenvalue weighted by Crippen LogP contribution is -2.36. The van der Waals surface area contributed by atoms with Gasteiger partial charge in [0.2, 0.25) is 0 Å². The molecular weight excluding hydrogens is 388 g/mol. The number of carbonyl (C=O) groups is 3. The third kappa shape index (κ3) is 12.3. The molecule has 158 valence electrons. The number of esters is 2. The zero-order valence-electron chi connectivity index (χ0n) is 16.6. The first-order chi connectivity index (χ1) is 12.9. The second kappa shape index (κ2) is 16.2. The Bertz CT molecular complexity index is 451. The summed E-state index contributed by atoms with van der Waals surface area (Å²) in [4.78, 5) is 35.5. The van der Waals surface area contributed by atoms with E-state index in [9.17, 15) is 14.4 Å². The zero-order valence-corrected chi connectivity index (χ0v) is 18.2. The Morgan fingerprint density at radius 3 is 2.11 bits per heavy atom.